The van der Waals surface area contributed by atoms with Gasteiger partial charge in [-0.3, -0.25) is 5.01 Å². The SMILES string of the molecule is Cc1ccc(-c2cc(C(F)(F)F)nn2-c2ccc(S(=O)(=O)NC(=O)OC3CN(n4on4OC(C)OC(=O)c4ccccc4)C3)cc2)cc1. The first-order chi connectivity index (χ1) is 22.8. The second-order valence-corrected chi connectivity index (χ2v) is 12.4. The van der Waals surface area contributed by atoms with Crippen molar-refractivity contribution < 1.29 is 50.1 Å². The molecule has 14 nitrogen and oxygen atoms in total. The lowest BCUT2D eigenvalue weighted by atomic mass is 10.1. The van der Waals surface area contributed by atoms with Crippen LogP contribution in [-0.4, -0.2) is 65.7 Å². The van der Waals surface area contributed by atoms with E-state index in [2.05, 4.69) is 5.10 Å². The molecule has 3 aromatic carbocycles. The fraction of sp³-hybridized carbons (Fsp3) is 0.233. The van der Waals surface area contributed by atoms with Gasteiger partial charge in [-0.15, -0.1) is 0 Å². The van der Waals surface area contributed by atoms with Gasteiger partial charge in [-0.2, -0.15) is 22.9 Å². The smallest absolute Gasteiger partial charge is 0.435 e. The second-order valence-electron chi connectivity index (χ2n) is 10.7. The molecule has 1 fully saturated rings. The van der Waals surface area contributed by atoms with Crippen molar-refractivity contribution in [3.63, 3.8) is 0 Å². The average molecular weight is 689 g/mol. The van der Waals surface area contributed by atoms with Crippen molar-refractivity contribution in [2.24, 2.45) is 0 Å². The molecule has 252 valence electrons. The first-order valence-electron chi connectivity index (χ1n) is 14.3. The molecule has 0 aliphatic carbocycles. The van der Waals surface area contributed by atoms with Crippen LogP contribution in [0, 0.1) is 6.92 Å². The Hall–Kier alpha value is -5.65. The molecule has 0 saturated carbocycles. The van der Waals surface area contributed by atoms with Gasteiger partial charge in [0.05, 0.1) is 39.9 Å². The van der Waals surface area contributed by atoms with Crippen LogP contribution >= 0.6 is 0 Å². The van der Waals surface area contributed by atoms with E-state index in [0.29, 0.717) is 11.1 Å². The van der Waals surface area contributed by atoms with Crippen LogP contribution < -0.4 is 14.6 Å². The van der Waals surface area contributed by atoms with E-state index in [-0.39, 0.29) is 29.4 Å². The van der Waals surface area contributed by atoms with E-state index in [1.54, 1.807) is 59.6 Å². The number of alkyl halides is 3. The van der Waals surface area contributed by atoms with E-state index in [0.717, 1.165) is 33.5 Å². The third-order valence-electron chi connectivity index (χ3n) is 7.08. The highest BCUT2D eigenvalue weighted by Crippen LogP contribution is 2.33. The Balaban J connectivity index is 1.02. The minimum Gasteiger partial charge on any atom is -0.442 e. The molecule has 5 aromatic rings. The standard InChI is InChI=1S/C30H27F3N6O8S/c1-19-8-10-21(11-9-19)26-16-27(30(31,32)33)34-37(26)23-12-14-25(15-13-23)48(42,43)35-29(41)45-24-17-36(18-24)38-39(47-38)46-20(2)44-28(40)22-6-4-3-5-7-22/h3-16,20,24H,17-18H2,1-2H3,(H,35,41). The number of hydrogen-bond acceptors (Lipinski definition) is 10. The van der Waals surface area contributed by atoms with E-state index < -0.39 is 46.4 Å². The van der Waals surface area contributed by atoms with Crippen LogP contribution in [0.3, 0.4) is 0 Å². The number of amides is 1. The van der Waals surface area contributed by atoms with Gasteiger partial charge >= 0.3 is 18.2 Å². The first-order valence-corrected chi connectivity index (χ1v) is 15.8. The van der Waals surface area contributed by atoms with Gasteiger partial charge in [0.2, 0.25) is 0 Å². The summed E-state index contributed by atoms with van der Waals surface area (Å²) in [6.45, 7) is 3.60. The molecule has 1 N–H and O–H groups in total. The van der Waals surface area contributed by atoms with Crippen LogP contribution in [0.5, 0.6) is 0 Å². The van der Waals surface area contributed by atoms with Crippen molar-refractivity contribution in [2.45, 2.75) is 37.3 Å². The van der Waals surface area contributed by atoms with Gasteiger partial charge in [0.15, 0.2) is 5.69 Å². The third kappa shape index (κ3) is 7.17. The normalized spacial score (nSPS) is 14.3. The highest BCUT2D eigenvalue weighted by Gasteiger charge is 2.38. The van der Waals surface area contributed by atoms with Crippen LogP contribution in [0.25, 0.3) is 16.9 Å². The second kappa shape index (κ2) is 12.5. The highest BCUT2D eigenvalue weighted by atomic mass is 32.2. The van der Waals surface area contributed by atoms with Gasteiger partial charge in [0.25, 0.3) is 16.3 Å². The minimum absolute atomic E-state index is 0.132. The number of ether oxygens (including phenoxy) is 2. The summed E-state index contributed by atoms with van der Waals surface area (Å²) in [7, 11) is -4.40. The van der Waals surface area contributed by atoms with Crippen LogP contribution in [-0.2, 0) is 25.7 Å². The number of nitrogens with zero attached hydrogens (tertiary/aromatic N) is 5. The quantitative estimate of drug-likeness (QED) is 0.168. The summed E-state index contributed by atoms with van der Waals surface area (Å²) in [6, 6.07) is 20.9. The number of sulfonamides is 1. The van der Waals surface area contributed by atoms with E-state index in [4.69, 9.17) is 18.9 Å². The maximum atomic E-state index is 13.5. The first kappa shape index (κ1) is 32.3. The van der Waals surface area contributed by atoms with Crippen molar-refractivity contribution in [1.82, 2.24) is 24.5 Å². The number of aromatic nitrogens is 4. The summed E-state index contributed by atoms with van der Waals surface area (Å²) in [5.74, 6) is -0.587. The Morgan fingerprint density at radius 1 is 1.00 bits per heavy atom. The maximum Gasteiger partial charge on any atom is 0.435 e. The average Bonchev–Trinajstić information content (AvgIpc) is 3.60. The third-order valence-corrected chi connectivity index (χ3v) is 8.41. The lowest BCUT2D eigenvalue weighted by Gasteiger charge is -2.34. The Kier molecular flexibility index (Phi) is 8.42. The molecule has 2 aromatic heterocycles. The fourth-order valence-corrected chi connectivity index (χ4v) is 5.47. The van der Waals surface area contributed by atoms with E-state index in [1.165, 1.54) is 24.0 Å². The number of benzene rings is 3. The molecule has 1 unspecified atom stereocenters. The zero-order valence-electron chi connectivity index (χ0n) is 25.2. The molecule has 0 radical (unpaired) electrons. The topological polar surface area (TPSA) is 152 Å². The van der Waals surface area contributed by atoms with Gasteiger partial charge in [0, 0.05) is 12.5 Å². The summed E-state index contributed by atoms with van der Waals surface area (Å²) in [5, 5.41) is 6.21. The molecular formula is C30H27F3N6O8S. The number of nitrogens with one attached hydrogen (secondary N) is 1. The maximum absolute atomic E-state index is 13.5. The number of hydrogen-bond donors (Lipinski definition) is 1. The molecular weight excluding hydrogens is 661 g/mol. The predicted octanol–water partition coefficient (Wildman–Crippen LogP) is 4.13. The molecule has 1 saturated heterocycles. The number of esters is 1. The lowest BCUT2D eigenvalue weighted by Crippen LogP contribution is -2.58. The Labute approximate surface area is 270 Å². The Morgan fingerprint density at radius 3 is 2.31 bits per heavy atom. The molecule has 0 bridgehead atoms. The van der Waals surface area contributed by atoms with E-state index >= 15 is 0 Å². The molecule has 18 heteroatoms. The zero-order chi connectivity index (χ0) is 34.2. The van der Waals surface area contributed by atoms with Crippen LogP contribution in [0.4, 0.5) is 18.0 Å². The molecule has 48 heavy (non-hydrogen) atoms. The summed E-state index contributed by atoms with van der Waals surface area (Å²) < 4.78 is 84.6. The Morgan fingerprint density at radius 2 is 1.67 bits per heavy atom. The monoisotopic (exact) mass is 688 g/mol. The van der Waals surface area contributed by atoms with Crippen LogP contribution in [0.2, 0.25) is 0 Å². The molecule has 3 heterocycles. The lowest BCUT2D eigenvalue weighted by molar-refractivity contribution is -0.141. The number of halogens is 3. The summed E-state index contributed by atoms with van der Waals surface area (Å²) >= 11 is 0. The van der Waals surface area contributed by atoms with Crippen molar-refractivity contribution >= 4 is 22.1 Å². The van der Waals surface area contributed by atoms with E-state index in [9.17, 15) is 31.2 Å². The van der Waals surface area contributed by atoms with Gasteiger partial charge < -0.3 is 14.3 Å². The Bertz CT molecular complexity index is 2010. The van der Waals surface area contributed by atoms with Gasteiger partial charge in [0.1, 0.15) is 11.1 Å². The number of aryl methyl sites for hydroxylation is 1. The largest absolute Gasteiger partial charge is 0.442 e. The summed E-state index contributed by atoms with van der Waals surface area (Å²) in [4.78, 5) is 30.7. The molecule has 1 atom stereocenters. The zero-order valence-corrected chi connectivity index (χ0v) is 26.0. The van der Waals surface area contributed by atoms with Crippen molar-refractivity contribution in [3.8, 4) is 16.9 Å². The predicted molar refractivity (Wildman–Crippen MR) is 160 cm³/mol. The number of carbonyl (C=O) groups is 2. The molecule has 1 aliphatic heterocycles. The molecule has 0 spiro atoms. The molecule has 1 aliphatic rings. The van der Waals surface area contributed by atoms with Crippen molar-refractivity contribution in [2.75, 3.05) is 18.1 Å². The van der Waals surface area contributed by atoms with Crippen molar-refractivity contribution in [3.05, 3.63) is 102 Å². The van der Waals surface area contributed by atoms with Crippen LogP contribution in [0.15, 0.2) is 94.5 Å². The van der Waals surface area contributed by atoms with Crippen molar-refractivity contribution in [1.29, 1.82) is 0 Å². The summed E-state index contributed by atoms with van der Waals surface area (Å²) in [6.07, 6.45) is -7.62. The van der Waals surface area contributed by atoms with Gasteiger partial charge in [-0.1, -0.05) is 48.0 Å². The number of carbonyl (C=O) groups excluding carboxylic acids is 2. The highest BCUT2D eigenvalue weighted by molar-refractivity contribution is 7.90. The van der Waals surface area contributed by atoms with Gasteiger partial charge in [-0.05, 0) is 49.4 Å². The molecule has 1 amide bonds. The fourth-order valence-electron chi connectivity index (χ4n) is 4.59. The van der Waals surface area contributed by atoms with E-state index in [1.807, 2.05) is 11.6 Å². The minimum atomic E-state index is -4.70. The van der Waals surface area contributed by atoms with Gasteiger partial charge in [-0.25, -0.2) is 27.4 Å². The summed E-state index contributed by atoms with van der Waals surface area (Å²) in [5.41, 5.74) is 0.939. The molecule has 6 rings (SSSR count). The van der Waals surface area contributed by atoms with Crippen LogP contribution in [0.1, 0.15) is 28.5 Å². The number of rotatable bonds is 10.